The Bertz CT molecular complexity index is 1490. The highest BCUT2D eigenvalue weighted by atomic mass is 31.2. The smallest absolute Gasteiger partial charge is 0.462 e. The normalized spacial score (nSPS) is 13.9. The molecule has 0 spiro atoms. The number of allylic oxidation sites excluding steroid dienone is 12. The molecule has 0 fully saturated rings. The highest BCUT2D eigenvalue weighted by Crippen LogP contribution is 2.43. The molecule has 0 aromatic carbocycles. The minimum absolute atomic E-state index is 0.0434. The van der Waals surface area contributed by atoms with E-state index < -0.39 is 57.8 Å². The number of rotatable bonds is 53. The number of phosphoric acid groups is 1. The number of carbonyl (C=O) groups is 3. The van der Waals surface area contributed by atoms with Gasteiger partial charge in [-0.05, 0) is 57.8 Å². The van der Waals surface area contributed by atoms with E-state index in [4.69, 9.17) is 23.3 Å². The van der Waals surface area contributed by atoms with Gasteiger partial charge in [-0.25, -0.2) is 4.57 Å². The van der Waals surface area contributed by atoms with Gasteiger partial charge in [0, 0.05) is 19.3 Å². The second-order valence-electron chi connectivity index (χ2n) is 19.1. The van der Waals surface area contributed by atoms with Gasteiger partial charge in [-0.2, -0.15) is 0 Å². The third-order valence-electron chi connectivity index (χ3n) is 12.2. The van der Waals surface area contributed by atoms with E-state index in [1.807, 2.05) is 12.2 Å². The SMILES string of the molecule is CC/C=C\C/C=C\C/C=C\C/C=C\C/C=C\C/C=C\CCC(=O)OC(COC(=O)CCCCCCCCCCCCCCC)COP(=O)(O)OCC(CO)OC(=O)CCCCCCCCCCCCCCC. The van der Waals surface area contributed by atoms with Crippen LogP contribution in [0.15, 0.2) is 72.9 Å². The van der Waals surface area contributed by atoms with Crippen molar-refractivity contribution in [2.45, 2.75) is 264 Å². The zero-order valence-corrected chi connectivity index (χ0v) is 46.8. The monoisotopic (exact) mass is 1030 g/mol. The van der Waals surface area contributed by atoms with Crippen molar-refractivity contribution in [2.75, 3.05) is 26.4 Å². The number of hydrogen-bond donors (Lipinski definition) is 2. The first-order valence-electron chi connectivity index (χ1n) is 28.8. The minimum atomic E-state index is -4.76. The van der Waals surface area contributed by atoms with E-state index in [0.29, 0.717) is 19.3 Å². The summed E-state index contributed by atoms with van der Waals surface area (Å²) in [5.41, 5.74) is 0. The van der Waals surface area contributed by atoms with Crippen LogP contribution in [0.25, 0.3) is 0 Å². The topological polar surface area (TPSA) is 155 Å². The van der Waals surface area contributed by atoms with Crippen LogP contribution in [0.4, 0.5) is 0 Å². The minimum Gasteiger partial charge on any atom is -0.462 e. The molecular weight excluding hydrogens is 928 g/mol. The number of phosphoric ester groups is 1. The molecule has 12 heteroatoms. The van der Waals surface area contributed by atoms with Crippen LogP contribution in [0, 0.1) is 0 Å². The summed E-state index contributed by atoms with van der Waals surface area (Å²) in [6, 6.07) is 0. The summed E-state index contributed by atoms with van der Waals surface area (Å²) in [7, 11) is -4.76. The Morgan fingerprint density at radius 2 is 0.722 bits per heavy atom. The molecule has 0 bridgehead atoms. The first-order valence-corrected chi connectivity index (χ1v) is 30.3. The molecule has 11 nitrogen and oxygen atoms in total. The maximum Gasteiger partial charge on any atom is 0.472 e. The number of unbranched alkanes of at least 4 members (excludes halogenated alkanes) is 24. The quantitative estimate of drug-likeness (QED) is 0.0197. The molecule has 0 saturated carbocycles. The molecular formula is C60H105O11P. The van der Waals surface area contributed by atoms with Crippen LogP contribution in [0.2, 0.25) is 0 Å². The van der Waals surface area contributed by atoms with Crippen molar-refractivity contribution < 1.29 is 52.2 Å². The Morgan fingerprint density at radius 1 is 0.403 bits per heavy atom. The Morgan fingerprint density at radius 3 is 1.11 bits per heavy atom. The van der Waals surface area contributed by atoms with Crippen LogP contribution < -0.4 is 0 Å². The van der Waals surface area contributed by atoms with E-state index in [2.05, 4.69) is 81.5 Å². The predicted molar refractivity (Wildman–Crippen MR) is 298 cm³/mol. The molecule has 72 heavy (non-hydrogen) atoms. The van der Waals surface area contributed by atoms with Crippen molar-refractivity contribution in [1.29, 1.82) is 0 Å². The largest absolute Gasteiger partial charge is 0.472 e. The van der Waals surface area contributed by atoms with Crippen molar-refractivity contribution in [2.24, 2.45) is 0 Å². The number of hydrogen-bond acceptors (Lipinski definition) is 10. The zero-order valence-electron chi connectivity index (χ0n) is 45.9. The fourth-order valence-electron chi connectivity index (χ4n) is 7.79. The molecule has 0 amide bonds. The average molecular weight is 1030 g/mol. The molecule has 0 aliphatic carbocycles. The Hall–Kier alpha value is -3.08. The zero-order chi connectivity index (χ0) is 52.7. The van der Waals surface area contributed by atoms with Crippen LogP contribution >= 0.6 is 7.82 Å². The molecule has 0 aliphatic heterocycles. The molecule has 2 N–H and O–H groups in total. The lowest BCUT2D eigenvalue weighted by atomic mass is 10.0. The highest BCUT2D eigenvalue weighted by molar-refractivity contribution is 7.47. The number of aliphatic hydroxyl groups excluding tert-OH is 1. The molecule has 3 atom stereocenters. The number of esters is 3. The van der Waals surface area contributed by atoms with E-state index in [1.54, 1.807) is 0 Å². The van der Waals surface area contributed by atoms with Crippen molar-refractivity contribution in [1.82, 2.24) is 0 Å². The summed E-state index contributed by atoms with van der Waals surface area (Å²) >= 11 is 0. The first-order chi connectivity index (χ1) is 35.2. The lowest BCUT2D eigenvalue weighted by Gasteiger charge is -2.21. The van der Waals surface area contributed by atoms with Crippen LogP contribution in [-0.2, 0) is 42.2 Å². The van der Waals surface area contributed by atoms with Gasteiger partial charge in [0.1, 0.15) is 12.7 Å². The lowest BCUT2D eigenvalue weighted by Crippen LogP contribution is -2.30. The van der Waals surface area contributed by atoms with Crippen LogP contribution in [-0.4, -0.2) is 66.5 Å². The molecule has 0 saturated heterocycles. The molecule has 0 aromatic heterocycles. The maximum absolute atomic E-state index is 12.9. The van der Waals surface area contributed by atoms with Crippen LogP contribution in [0.5, 0.6) is 0 Å². The standard InChI is InChI=1S/C60H105O11P/c1-4-7-10-13-16-19-22-25-26-27-28-29-30-33-36-39-42-45-48-51-60(64)71-57(53-67-58(62)49-46-43-40-37-34-31-23-20-17-14-11-8-5-2)55-69-72(65,66)68-54-56(52-61)70-59(63)50-47-44-41-38-35-32-24-21-18-15-12-9-6-3/h7,10,16,19,25-26,28-29,33,36,42,45,56-57,61H,4-6,8-9,11-15,17-18,20-24,27,30-32,34-35,37-41,43-44,46-55H2,1-3H3,(H,65,66)/b10-7-,19-16-,26-25-,29-28-,36-33-,45-42-. The Kier molecular flexibility index (Phi) is 51.9. The summed E-state index contributed by atoms with van der Waals surface area (Å²) in [5, 5.41) is 9.80. The third-order valence-corrected chi connectivity index (χ3v) is 13.1. The Balaban J connectivity index is 4.82. The predicted octanol–water partition coefficient (Wildman–Crippen LogP) is 16.9. The fraction of sp³-hybridized carbons (Fsp3) is 0.750. The molecule has 0 rings (SSSR count). The number of carbonyl (C=O) groups excluding carboxylic acids is 3. The van der Waals surface area contributed by atoms with Crippen molar-refractivity contribution in [3.8, 4) is 0 Å². The van der Waals surface area contributed by atoms with Gasteiger partial charge in [0.05, 0.1) is 19.8 Å². The lowest BCUT2D eigenvalue weighted by molar-refractivity contribution is -0.161. The van der Waals surface area contributed by atoms with E-state index in [0.717, 1.165) is 77.0 Å². The Labute approximate surface area is 439 Å². The van der Waals surface area contributed by atoms with Gasteiger partial charge < -0.3 is 24.2 Å². The van der Waals surface area contributed by atoms with E-state index in [9.17, 15) is 28.9 Å². The molecule has 3 unspecified atom stereocenters. The molecule has 0 aromatic rings. The summed E-state index contributed by atoms with van der Waals surface area (Å²) in [6.07, 6.45) is 60.2. The molecule has 0 aliphatic rings. The van der Waals surface area contributed by atoms with Gasteiger partial charge in [-0.15, -0.1) is 0 Å². The maximum atomic E-state index is 12.9. The summed E-state index contributed by atoms with van der Waals surface area (Å²) < 4.78 is 39.4. The number of ether oxygens (including phenoxy) is 3. The van der Waals surface area contributed by atoms with Gasteiger partial charge in [-0.3, -0.25) is 23.4 Å². The molecule has 0 heterocycles. The molecule has 0 radical (unpaired) electrons. The van der Waals surface area contributed by atoms with E-state index in [-0.39, 0.29) is 25.9 Å². The van der Waals surface area contributed by atoms with Gasteiger partial charge in [0.25, 0.3) is 0 Å². The average Bonchev–Trinajstić information content (AvgIpc) is 3.37. The van der Waals surface area contributed by atoms with Crippen molar-refractivity contribution >= 4 is 25.7 Å². The second-order valence-corrected chi connectivity index (χ2v) is 20.5. The highest BCUT2D eigenvalue weighted by Gasteiger charge is 2.28. The van der Waals surface area contributed by atoms with Crippen molar-refractivity contribution in [3.63, 3.8) is 0 Å². The van der Waals surface area contributed by atoms with E-state index in [1.165, 1.54) is 116 Å². The van der Waals surface area contributed by atoms with Gasteiger partial charge in [0.15, 0.2) is 6.10 Å². The molecule has 416 valence electrons. The van der Waals surface area contributed by atoms with Crippen LogP contribution in [0.3, 0.4) is 0 Å². The number of aliphatic hydroxyl groups is 1. The van der Waals surface area contributed by atoms with Crippen LogP contribution in [0.1, 0.15) is 252 Å². The first kappa shape index (κ1) is 68.9. The fourth-order valence-corrected chi connectivity index (χ4v) is 8.58. The summed E-state index contributed by atoms with van der Waals surface area (Å²) in [6.45, 7) is 4.46. The van der Waals surface area contributed by atoms with Gasteiger partial charge in [0.2, 0.25) is 0 Å². The third kappa shape index (κ3) is 51.8. The van der Waals surface area contributed by atoms with Gasteiger partial charge in [-0.1, -0.05) is 248 Å². The summed E-state index contributed by atoms with van der Waals surface area (Å²) in [4.78, 5) is 48.4. The van der Waals surface area contributed by atoms with Crippen molar-refractivity contribution in [3.05, 3.63) is 72.9 Å². The van der Waals surface area contributed by atoms with E-state index >= 15 is 0 Å². The summed E-state index contributed by atoms with van der Waals surface area (Å²) in [5.74, 6) is -1.56. The van der Waals surface area contributed by atoms with Gasteiger partial charge >= 0.3 is 25.7 Å². The second kappa shape index (κ2) is 54.2.